The second kappa shape index (κ2) is 8.82. The zero-order chi connectivity index (χ0) is 22.9. The maximum atomic E-state index is 13.3. The van der Waals surface area contributed by atoms with Crippen LogP contribution in [0.1, 0.15) is 11.3 Å². The van der Waals surface area contributed by atoms with Crippen molar-refractivity contribution in [2.45, 2.75) is 13.3 Å². The fraction of sp³-hybridized carbons (Fsp3) is 0.292. The van der Waals surface area contributed by atoms with Gasteiger partial charge in [0.1, 0.15) is 11.6 Å². The Morgan fingerprint density at radius 1 is 1.06 bits per heavy atom. The van der Waals surface area contributed by atoms with Gasteiger partial charge in [-0.15, -0.1) is 0 Å². The molecule has 1 aliphatic rings. The molecule has 0 saturated carbocycles. The summed E-state index contributed by atoms with van der Waals surface area (Å²) in [6.07, 6.45) is 0.387. The molecule has 2 aromatic carbocycles. The Bertz CT molecular complexity index is 1270. The van der Waals surface area contributed by atoms with Gasteiger partial charge in [0.15, 0.2) is 10.8 Å². The molecule has 0 aliphatic carbocycles. The number of amides is 1. The number of methoxy groups -OCH3 is 1. The first-order valence-electron chi connectivity index (χ1n) is 10.8. The molecule has 170 valence electrons. The Morgan fingerprint density at radius 2 is 1.76 bits per heavy atom. The summed E-state index contributed by atoms with van der Waals surface area (Å²) in [5.41, 5.74) is 3.43. The van der Waals surface area contributed by atoms with E-state index in [1.807, 2.05) is 36.1 Å². The molecule has 9 heteroatoms. The Hall–Kier alpha value is -3.46. The number of rotatable bonds is 5. The van der Waals surface area contributed by atoms with Gasteiger partial charge in [-0.3, -0.25) is 4.79 Å². The number of anilines is 1. The smallest absolute Gasteiger partial charge is 0.227 e. The van der Waals surface area contributed by atoms with Crippen LogP contribution in [-0.2, 0) is 11.2 Å². The van der Waals surface area contributed by atoms with E-state index in [9.17, 15) is 9.18 Å². The third kappa shape index (κ3) is 4.28. The molecule has 0 atom stereocenters. The molecule has 2 aromatic heterocycles. The van der Waals surface area contributed by atoms with Crippen LogP contribution in [0.15, 0.2) is 48.5 Å². The molecule has 1 fully saturated rings. The predicted molar refractivity (Wildman–Crippen MR) is 127 cm³/mol. The summed E-state index contributed by atoms with van der Waals surface area (Å²) in [5.74, 6) is 0.637. The van der Waals surface area contributed by atoms with Gasteiger partial charge in [-0.1, -0.05) is 23.5 Å². The number of aryl methyl sites for hydroxylation is 1. The third-order valence-corrected chi connectivity index (χ3v) is 7.08. The summed E-state index contributed by atoms with van der Waals surface area (Å²) in [4.78, 5) is 21.7. The van der Waals surface area contributed by atoms with Gasteiger partial charge in [-0.25, -0.2) is 9.07 Å². The minimum absolute atomic E-state index is 0.131. The lowest BCUT2D eigenvalue weighted by Crippen LogP contribution is -2.49. The molecule has 0 bridgehead atoms. The first kappa shape index (κ1) is 21.4. The summed E-state index contributed by atoms with van der Waals surface area (Å²) < 4.78 is 21.3. The maximum absolute atomic E-state index is 13.3. The summed E-state index contributed by atoms with van der Waals surface area (Å²) in [6.45, 7) is 4.74. The van der Waals surface area contributed by atoms with E-state index in [1.54, 1.807) is 35.3 Å². The minimum atomic E-state index is -0.280. The van der Waals surface area contributed by atoms with E-state index in [-0.39, 0.29) is 11.7 Å². The van der Waals surface area contributed by atoms with E-state index < -0.39 is 0 Å². The lowest BCUT2D eigenvalue weighted by Gasteiger charge is -2.34. The SMILES string of the molecule is COc1ccc(CC(=O)N2CCN(c3nc4c(s3)c(C)nn4-c3ccc(F)cc3)CC2)cc1. The molecular formula is C24H24FN5O2S. The molecule has 1 amide bonds. The average Bonchev–Trinajstić information content (AvgIpc) is 3.41. The molecule has 0 N–H and O–H groups in total. The molecule has 1 saturated heterocycles. The van der Waals surface area contributed by atoms with Crippen molar-refractivity contribution in [1.82, 2.24) is 19.7 Å². The number of halogens is 1. The number of hydrogen-bond donors (Lipinski definition) is 0. The lowest BCUT2D eigenvalue weighted by atomic mass is 10.1. The van der Waals surface area contributed by atoms with E-state index in [2.05, 4.69) is 10.00 Å². The van der Waals surface area contributed by atoms with Crippen LogP contribution in [0, 0.1) is 12.7 Å². The molecule has 5 rings (SSSR count). The van der Waals surface area contributed by atoms with Crippen molar-refractivity contribution < 1.29 is 13.9 Å². The van der Waals surface area contributed by atoms with Crippen LogP contribution < -0.4 is 9.64 Å². The molecule has 0 unspecified atom stereocenters. The van der Waals surface area contributed by atoms with Crippen LogP contribution in [0.2, 0.25) is 0 Å². The molecule has 0 radical (unpaired) electrons. The number of benzene rings is 2. The highest BCUT2D eigenvalue weighted by atomic mass is 32.1. The van der Waals surface area contributed by atoms with Crippen molar-refractivity contribution in [3.05, 3.63) is 65.6 Å². The quantitative estimate of drug-likeness (QED) is 0.448. The summed E-state index contributed by atoms with van der Waals surface area (Å²) in [5, 5.41) is 5.50. The zero-order valence-corrected chi connectivity index (χ0v) is 19.3. The molecule has 0 spiro atoms. The van der Waals surface area contributed by atoms with Gasteiger partial charge < -0.3 is 14.5 Å². The molecule has 3 heterocycles. The van der Waals surface area contributed by atoms with Crippen molar-refractivity contribution in [2.24, 2.45) is 0 Å². The maximum Gasteiger partial charge on any atom is 0.227 e. The van der Waals surface area contributed by atoms with Gasteiger partial charge in [0, 0.05) is 26.2 Å². The predicted octanol–water partition coefficient (Wildman–Crippen LogP) is 3.83. The number of thiazole rings is 1. The number of ether oxygens (including phenoxy) is 1. The second-order valence-corrected chi connectivity index (χ2v) is 8.99. The Labute approximate surface area is 195 Å². The molecule has 4 aromatic rings. The van der Waals surface area contributed by atoms with Gasteiger partial charge in [0.25, 0.3) is 0 Å². The topological polar surface area (TPSA) is 63.5 Å². The van der Waals surface area contributed by atoms with Gasteiger partial charge in [0.2, 0.25) is 5.91 Å². The molecule has 7 nitrogen and oxygen atoms in total. The highest BCUT2D eigenvalue weighted by molar-refractivity contribution is 7.22. The average molecular weight is 466 g/mol. The highest BCUT2D eigenvalue weighted by Gasteiger charge is 2.25. The van der Waals surface area contributed by atoms with Gasteiger partial charge in [0.05, 0.1) is 29.6 Å². The highest BCUT2D eigenvalue weighted by Crippen LogP contribution is 2.33. The van der Waals surface area contributed by atoms with Crippen LogP contribution in [0.3, 0.4) is 0 Å². The largest absolute Gasteiger partial charge is 0.497 e. The number of aromatic nitrogens is 3. The monoisotopic (exact) mass is 465 g/mol. The fourth-order valence-electron chi connectivity index (χ4n) is 4.00. The summed E-state index contributed by atoms with van der Waals surface area (Å²) >= 11 is 1.61. The Kier molecular flexibility index (Phi) is 5.72. The van der Waals surface area contributed by atoms with Gasteiger partial charge >= 0.3 is 0 Å². The lowest BCUT2D eigenvalue weighted by molar-refractivity contribution is -0.130. The van der Waals surface area contributed by atoms with Crippen LogP contribution in [0.4, 0.5) is 9.52 Å². The Balaban J connectivity index is 1.27. The first-order chi connectivity index (χ1) is 16.0. The number of piperazine rings is 1. The van der Waals surface area contributed by atoms with E-state index in [0.717, 1.165) is 51.3 Å². The normalized spacial score (nSPS) is 14.2. The van der Waals surface area contributed by atoms with E-state index in [1.165, 1.54) is 12.1 Å². The van der Waals surface area contributed by atoms with Crippen LogP contribution >= 0.6 is 11.3 Å². The van der Waals surface area contributed by atoms with E-state index in [4.69, 9.17) is 9.72 Å². The Morgan fingerprint density at radius 3 is 2.42 bits per heavy atom. The number of hydrogen-bond acceptors (Lipinski definition) is 6. The minimum Gasteiger partial charge on any atom is -0.497 e. The first-order valence-corrected chi connectivity index (χ1v) is 11.6. The number of nitrogens with zero attached hydrogens (tertiary/aromatic N) is 5. The van der Waals surface area contributed by atoms with Crippen molar-refractivity contribution in [3.8, 4) is 11.4 Å². The number of carbonyl (C=O) groups is 1. The summed E-state index contributed by atoms with van der Waals surface area (Å²) in [7, 11) is 1.63. The van der Waals surface area contributed by atoms with Gasteiger partial charge in [-0.2, -0.15) is 10.1 Å². The van der Waals surface area contributed by atoms with Crippen molar-refractivity contribution in [3.63, 3.8) is 0 Å². The second-order valence-electron chi connectivity index (χ2n) is 8.02. The summed E-state index contributed by atoms with van der Waals surface area (Å²) in [6, 6.07) is 13.9. The molecular weight excluding hydrogens is 441 g/mol. The van der Waals surface area contributed by atoms with Crippen LogP contribution in [0.5, 0.6) is 5.75 Å². The fourth-order valence-corrected chi connectivity index (χ4v) is 5.04. The number of carbonyl (C=O) groups excluding carboxylic acids is 1. The third-order valence-electron chi connectivity index (χ3n) is 5.87. The van der Waals surface area contributed by atoms with Crippen molar-refractivity contribution in [2.75, 3.05) is 38.2 Å². The molecule has 33 heavy (non-hydrogen) atoms. The van der Waals surface area contributed by atoms with Crippen molar-refractivity contribution >= 4 is 32.7 Å². The van der Waals surface area contributed by atoms with Crippen molar-refractivity contribution in [1.29, 1.82) is 0 Å². The van der Waals surface area contributed by atoms with Gasteiger partial charge in [-0.05, 0) is 48.9 Å². The number of fused-ring (bicyclic) bond motifs is 1. The van der Waals surface area contributed by atoms with Crippen LogP contribution in [-0.4, -0.2) is 58.9 Å². The van der Waals surface area contributed by atoms with E-state index in [0.29, 0.717) is 19.5 Å². The van der Waals surface area contributed by atoms with Crippen LogP contribution in [0.25, 0.3) is 16.0 Å². The zero-order valence-electron chi connectivity index (χ0n) is 18.5. The van der Waals surface area contributed by atoms with E-state index >= 15 is 0 Å². The molecule has 1 aliphatic heterocycles. The standard InChI is InChI=1S/C24H24FN5O2S/c1-16-22-23(30(27-16)19-7-5-18(25)6-8-19)26-24(33-22)29-13-11-28(12-14-29)21(31)15-17-3-9-20(32-2)10-4-17/h3-10H,11-15H2,1-2H3.